The number of piperidine rings is 1. The maximum atomic E-state index is 13.3. The van der Waals surface area contributed by atoms with Crippen molar-refractivity contribution >= 4 is 5.91 Å². The van der Waals surface area contributed by atoms with Gasteiger partial charge in [-0.25, -0.2) is 4.39 Å². The predicted octanol–water partition coefficient (Wildman–Crippen LogP) is 2.42. The molecule has 1 aliphatic rings. The zero-order chi connectivity index (χ0) is 17.1. The van der Waals surface area contributed by atoms with Crippen LogP contribution in [0.1, 0.15) is 23.2 Å². The maximum Gasteiger partial charge on any atom is 0.253 e. The first kappa shape index (κ1) is 16.4. The summed E-state index contributed by atoms with van der Waals surface area (Å²) in [5.41, 5.74) is 1.17. The highest BCUT2D eigenvalue weighted by molar-refractivity contribution is 5.94. The van der Waals surface area contributed by atoms with E-state index in [2.05, 4.69) is 22.2 Å². The van der Waals surface area contributed by atoms with Crippen LogP contribution in [0.3, 0.4) is 0 Å². The van der Waals surface area contributed by atoms with Crippen LogP contribution in [0.4, 0.5) is 4.39 Å². The van der Waals surface area contributed by atoms with Crippen LogP contribution in [0.2, 0.25) is 0 Å². The van der Waals surface area contributed by atoms with Gasteiger partial charge in [0.1, 0.15) is 11.6 Å². The molecule has 1 fully saturated rings. The summed E-state index contributed by atoms with van der Waals surface area (Å²) in [6, 6.07) is 7.11. The molecule has 0 bridgehead atoms. The standard InChI is InChI=1S/C18H20FN3O2/c1-22-8-6-14(7-9-22)21-18(24)12-2-4-16(20-11-12)15-10-13(19)3-5-17(15)23/h2-5,10-11,14,23H,6-9H2,1H3,(H,21,24). The number of carbonyl (C=O) groups is 1. The highest BCUT2D eigenvalue weighted by Gasteiger charge is 2.19. The molecule has 1 aliphatic heterocycles. The van der Waals surface area contributed by atoms with Crippen LogP contribution in [0.5, 0.6) is 5.75 Å². The number of aromatic hydroxyl groups is 1. The lowest BCUT2D eigenvalue weighted by Crippen LogP contribution is -2.43. The van der Waals surface area contributed by atoms with Crippen LogP contribution in [0.15, 0.2) is 36.5 Å². The number of phenols is 1. The van der Waals surface area contributed by atoms with E-state index >= 15 is 0 Å². The molecule has 2 aromatic rings. The van der Waals surface area contributed by atoms with Gasteiger partial charge in [0.15, 0.2) is 0 Å². The number of pyridine rings is 1. The molecule has 0 saturated carbocycles. The third-order valence-corrected chi connectivity index (χ3v) is 4.31. The third kappa shape index (κ3) is 3.71. The second-order valence-electron chi connectivity index (χ2n) is 6.14. The number of likely N-dealkylation sites (tertiary alicyclic amines) is 1. The first-order chi connectivity index (χ1) is 11.5. The molecule has 5 nitrogen and oxygen atoms in total. The van der Waals surface area contributed by atoms with Crippen molar-refractivity contribution in [2.75, 3.05) is 20.1 Å². The number of rotatable bonds is 3. The van der Waals surface area contributed by atoms with Gasteiger partial charge in [-0.15, -0.1) is 0 Å². The number of phenolic OH excluding ortho intramolecular Hbond substituents is 1. The van der Waals surface area contributed by atoms with Crippen molar-refractivity contribution in [2.24, 2.45) is 0 Å². The summed E-state index contributed by atoms with van der Waals surface area (Å²) in [5.74, 6) is -0.659. The molecule has 0 aliphatic carbocycles. The lowest BCUT2D eigenvalue weighted by molar-refractivity contribution is 0.0916. The van der Waals surface area contributed by atoms with E-state index in [1.54, 1.807) is 12.1 Å². The Kier molecular flexibility index (Phi) is 4.76. The lowest BCUT2D eigenvalue weighted by Gasteiger charge is -2.29. The fraction of sp³-hybridized carbons (Fsp3) is 0.333. The number of hydrogen-bond acceptors (Lipinski definition) is 4. The van der Waals surface area contributed by atoms with Crippen LogP contribution in [0, 0.1) is 5.82 Å². The molecule has 3 rings (SSSR count). The van der Waals surface area contributed by atoms with Crippen molar-refractivity contribution in [1.82, 2.24) is 15.2 Å². The van der Waals surface area contributed by atoms with Crippen molar-refractivity contribution in [3.8, 4) is 17.0 Å². The average molecular weight is 329 g/mol. The summed E-state index contributed by atoms with van der Waals surface area (Å²) in [7, 11) is 2.07. The summed E-state index contributed by atoms with van der Waals surface area (Å²) >= 11 is 0. The van der Waals surface area contributed by atoms with E-state index < -0.39 is 5.82 Å². The van der Waals surface area contributed by atoms with E-state index in [9.17, 15) is 14.3 Å². The molecule has 2 heterocycles. The quantitative estimate of drug-likeness (QED) is 0.908. The minimum Gasteiger partial charge on any atom is -0.507 e. The van der Waals surface area contributed by atoms with E-state index in [1.807, 2.05) is 0 Å². The maximum absolute atomic E-state index is 13.3. The summed E-state index contributed by atoms with van der Waals surface area (Å²) in [6.07, 6.45) is 3.32. The number of halogens is 1. The van der Waals surface area contributed by atoms with Gasteiger partial charge < -0.3 is 15.3 Å². The molecule has 1 aromatic carbocycles. The van der Waals surface area contributed by atoms with Gasteiger partial charge in [0.05, 0.1) is 11.3 Å². The Hall–Kier alpha value is -2.47. The van der Waals surface area contributed by atoms with Crippen LogP contribution in [-0.4, -0.2) is 47.1 Å². The Labute approximate surface area is 140 Å². The predicted molar refractivity (Wildman–Crippen MR) is 89.3 cm³/mol. The number of aromatic nitrogens is 1. The zero-order valence-corrected chi connectivity index (χ0v) is 13.5. The molecule has 2 N–H and O–H groups in total. The number of carbonyl (C=O) groups excluding carboxylic acids is 1. The molecule has 1 aromatic heterocycles. The smallest absolute Gasteiger partial charge is 0.253 e. The highest BCUT2D eigenvalue weighted by atomic mass is 19.1. The van der Waals surface area contributed by atoms with Crippen LogP contribution in [0.25, 0.3) is 11.3 Å². The summed E-state index contributed by atoms with van der Waals surface area (Å²) in [6.45, 7) is 1.95. The Morgan fingerprint density at radius 1 is 1.29 bits per heavy atom. The number of hydrogen-bond donors (Lipinski definition) is 2. The van der Waals surface area contributed by atoms with Crippen LogP contribution < -0.4 is 5.32 Å². The monoisotopic (exact) mass is 329 g/mol. The fourth-order valence-corrected chi connectivity index (χ4v) is 2.82. The van der Waals surface area contributed by atoms with E-state index in [-0.39, 0.29) is 17.7 Å². The van der Waals surface area contributed by atoms with Gasteiger partial charge in [0.25, 0.3) is 5.91 Å². The Morgan fingerprint density at radius 2 is 2.04 bits per heavy atom. The molecule has 0 spiro atoms. The van der Waals surface area contributed by atoms with Crippen molar-refractivity contribution in [3.63, 3.8) is 0 Å². The SMILES string of the molecule is CN1CCC(NC(=O)c2ccc(-c3cc(F)ccc3O)nc2)CC1. The van der Waals surface area contributed by atoms with Gasteiger partial charge >= 0.3 is 0 Å². The first-order valence-corrected chi connectivity index (χ1v) is 7.97. The summed E-state index contributed by atoms with van der Waals surface area (Å²) in [5, 5.41) is 12.8. The normalized spacial score (nSPS) is 16.1. The number of amides is 1. The lowest BCUT2D eigenvalue weighted by atomic mass is 10.0. The Morgan fingerprint density at radius 3 is 2.71 bits per heavy atom. The Balaban J connectivity index is 1.70. The molecule has 1 saturated heterocycles. The first-order valence-electron chi connectivity index (χ1n) is 7.97. The molecule has 0 radical (unpaired) electrons. The number of benzene rings is 1. The van der Waals surface area contributed by atoms with Gasteiger partial charge in [-0.2, -0.15) is 0 Å². The zero-order valence-electron chi connectivity index (χ0n) is 13.5. The largest absolute Gasteiger partial charge is 0.507 e. The number of nitrogens with one attached hydrogen (secondary N) is 1. The van der Waals surface area contributed by atoms with Gasteiger partial charge in [-0.05, 0) is 63.3 Å². The van der Waals surface area contributed by atoms with Crippen molar-refractivity contribution in [3.05, 3.63) is 47.9 Å². The summed E-state index contributed by atoms with van der Waals surface area (Å²) in [4.78, 5) is 18.7. The molecule has 126 valence electrons. The molecule has 6 heteroatoms. The molecular weight excluding hydrogens is 309 g/mol. The molecule has 1 amide bonds. The van der Waals surface area contributed by atoms with E-state index in [0.29, 0.717) is 16.8 Å². The highest BCUT2D eigenvalue weighted by Crippen LogP contribution is 2.28. The molecule has 0 atom stereocenters. The van der Waals surface area contributed by atoms with Gasteiger partial charge in [0, 0.05) is 17.8 Å². The minimum atomic E-state index is -0.450. The number of nitrogens with zero attached hydrogens (tertiary/aromatic N) is 2. The van der Waals surface area contributed by atoms with Crippen molar-refractivity contribution in [2.45, 2.75) is 18.9 Å². The third-order valence-electron chi connectivity index (χ3n) is 4.31. The second-order valence-corrected chi connectivity index (χ2v) is 6.14. The van der Waals surface area contributed by atoms with E-state index in [0.717, 1.165) is 25.9 Å². The Bertz CT molecular complexity index is 726. The molecule has 24 heavy (non-hydrogen) atoms. The average Bonchev–Trinajstić information content (AvgIpc) is 2.59. The van der Waals surface area contributed by atoms with Gasteiger partial charge in [0.2, 0.25) is 0 Å². The van der Waals surface area contributed by atoms with Crippen LogP contribution >= 0.6 is 0 Å². The topological polar surface area (TPSA) is 65.5 Å². The molecule has 0 unspecified atom stereocenters. The van der Waals surface area contributed by atoms with Gasteiger partial charge in [-0.1, -0.05) is 0 Å². The molecular formula is C18H20FN3O2. The summed E-state index contributed by atoms with van der Waals surface area (Å²) < 4.78 is 13.3. The second kappa shape index (κ2) is 6.97. The van der Waals surface area contributed by atoms with Crippen LogP contribution in [-0.2, 0) is 0 Å². The fourth-order valence-electron chi connectivity index (χ4n) is 2.82. The van der Waals surface area contributed by atoms with Gasteiger partial charge in [-0.3, -0.25) is 9.78 Å². The van der Waals surface area contributed by atoms with Crippen molar-refractivity contribution < 1.29 is 14.3 Å². The van der Waals surface area contributed by atoms with E-state index in [4.69, 9.17) is 0 Å². The van der Waals surface area contributed by atoms with E-state index in [1.165, 1.54) is 24.4 Å². The van der Waals surface area contributed by atoms with Crippen molar-refractivity contribution in [1.29, 1.82) is 0 Å². The minimum absolute atomic E-state index is 0.0487.